The quantitative estimate of drug-likeness (QED) is 0.842. The fraction of sp³-hybridized carbons (Fsp3) is 0.533. The summed E-state index contributed by atoms with van der Waals surface area (Å²) >= 11 is 0. The van der Waals surface area contributed by atoms with Gasteiger partial charge >= 0.3 is 6.09 Å². The number of aldehydes is 1. The van der Waals surface area contributed by atoms with Gasteiger partial charge < -0.3 is 14.8 Å². The fourth-order valence-corrected chi connectivity index (χ4v) is 2.50. The summed E-state index contributed by atoms with van der Waals surface area (Å²) in [6.45, 7) is 7.33. The van der Waals surface area contributed by atoms with Crippen molar-refractivity contribution >= 4 is 12.4 Å². The Kier molecular flexibility index (Phi) is 3.79. The first-order valence-corrected chi connectivity index (χ1v) is 6.71. The number of aryl methyl sites for hydroxylation is 1. The van der Waals surface area contributed by atoms with Gasteiger partial charge in [0.15, 0.2) is 0 Å². The number of alkyl carbamates (subject to hydrolysis) is 1. The predicted octanol–water partition coefficient (Wildman–Crippen LogP) is 2.33. The van der Waals surface area contributed by atoms with Crippen LogP contribution in [0.25, 0.3) is 0 Å². The van der Waals surface area contributed by atoms with Gasteiger partial charge in [-0.1, -0.05) is 0 Å². The summed E-state index contributed by atoms with van der Waals surface area (Å²) in [7, 11) is 0. The highest BCUT2D eigenvalue weighted by atomic mass is 16.6. The molecule has 1 N–H and O–H groups in total. The molecular formula is C15H20N2O3. The fourth-order valence-electron chi connectivity index (χ4n) is 2.50. The number of hydrogen-bond acceptors (Lipinski definition) is 4. The lowest BCUT2D eigenvalue weighted by molar-refractivity contribution is -0.111. The molecule has 0 saturated carbocycles. The highest BCUT2D eigenvalue weighted by Crippen LogP contribution is 2.36. The van der Waals surface area contributed by atoms with Crippen molar-refractivity contribution in [1.82, 2.24) is 10.3 Å². The van der Waals surface area contributed by atoms with Gasteiger partial charge in [0.25, 0.3) is 0 Å². The first kappa shape index (κ1) is 14.5. The van der Waals surface area contributed by atoms with Gasteiger partial charge in [-0.15, -0.1) is 0 Å². The summed E-state index contributed by atoms with van der Waals surface area (Å²) in [4.78, 5) is 27.4. The Morgan fingerprint density at radius 2 is 2.20 bits per heavy atom. The van der Waals surface area contributed by atoms with E-state index < -0.39 is 11.7 Å². The number of nitrogens with zero attached hydrogens (tertiary/aromatic N) is 1. The van der Waals surface area contributed by atoms with Gasteiger partial charge in [0, 0.05) is 17.8 Å². The van der Waals surface area contributed by atoms with Crippen LogP contribution in [0.15, 0.2) is 12.3 Å². The van der Waals surface area contributed by atoms with Gasteiger partial charge in [-0.25, -0.2) is 4.79 Å². The number of carbonyl (C=O) groups excluding carboxylic acids is 2. The van der Waals surface area contributed by atoms with Crippen molar-refractivity contribution in [1.29, 1.82) is 0 Å². The van der Waals surface area contributed by atoms with Gasteiger partial charge in [-0.2, -0.15) is 0 Å². The molecular weight excluding hydrogens is 256 g/mol. The third-order valence-corrected chi connectivity index (χ3v) is 3.36. The zero-order chi connectivity index (χ0) is 14.9. The number of carbonyl (C=O) groups is 2. The Hall–Kier alpha value is -1.91. The monoisotopic (exact) mass is 276 g/mol. The molecule has 20 heavy (non-hydrogen) atoms. The number of fused-ring (bicyclic) bond motifs is 1. The van der Waals surface area contributed by atoms with E-state index in [2.05, 4.69) is 10.3 Å². The Morgan fingerprint density at radius 3 is 2.80 bits per heavy atom. The highest BCUT2D eigenvalue weighted by Gasteiger charge is 2.35. The Balaban J connectivity index is 2.21. The topological polar surface area (TPSA) is 68.3 Å². The second-order valence-corrected chi connectivity index (χ2v) is 6.09. The minimum atomic E-state index is -0.559. The second-order valence-electron chi connectivity index (χ2n) is 6.09. The summed E-state index contributed by atoms with van der Waals surface area (Å²) in [6, 6.07) is 1.52. The molecule has 1 amide bonds. The molecule has 0 aliphatic heterocycles. The van der Waals surface area contributed by atoms with E-state index in [9.17, 15) is 9.59 Å². The van der Waals surface area contributed by atoms with Gasteiger partial charge in [-0.3, -0.25) is 4.98 Å². The molecule has 1 aromatic heterocycles. The van der Waals surface area contributed by atoms with Gasteiger partial charge in [0.05, 0.1) is 6.04 Å². The van der Waals surface area contributed by atoms with Crippen molar-refractivity contribution in [2.45, 2.75) is 45.8 Å². The zero-order valence-electron chi connectivity index (χ0n) is 12.3. The van der Waals surface area contributed by atoms with Gasteiger partial charge in [0.2, 0.25) is 0 Å². The molecule has 1 aliphatic rings. The molecule has 1 aromatic rings. The molecule has 5 nitrogen and oxygen atoms in total. The maximum Gasteiger partial charge on any atom is 0.408 e. The third kappa shape index (κ3) is 2.98. The largest absolute Gasteiger partial charge is 0.444 e. The van der Waals surface area contributed by atoms with Crippen molar-refractivity contribution in [3.63, 3.8) is 0 Å². The molecule has 0 aromatic carbocycles. The van der Waals surface area contributed by atoms with Gasteiger partial charge in [0.1, 0.15) is 11.9 Å². The second kappa shape index (κ2) is 5.23. The lowest BCUT2D eigenvalue weighted by Crippen LogP contribution is -2.36. The lowest BCUT2D eigenvalue weighted by Gasteiger charge is -2.23. The third-order valence-electron chi connectivity index (χ3n) is 3.36. The van der Waals surface area contributed by atoms with Crippen LogP contribution in [0.3, 0.4) is 0 Å². The molecule has 0 radical (unpaired) electrons. The molecule has 5 heteroatoms. The molecule has 1 heterocycles. The maximum absolute atomic E-state index is 11.9. The summed E-state index contributed by atoms with van der Waals surface area (Å²) in [5.41, 5.74) is 2.35. The van der Waals surface area contributed by atoms with E-state index >= 15 is 0 Å². The van der Waals surface area contributed by atoms with E-state index in [4.69, 9.17) is 4.74 Å². The van der Waals surface area contributed by atoms with Crippen molar-refractivity contribution in [2.75, 3.05) is 0 Å². The highest BCUT2D eigenvalue weighted by molar-refractivity contribution is 5.71. The van der Waals surface area contributed by atoms with E-state index in [1.54, 1.807) is 27.0 Å². The number of hydrogen-bond donors (Lipinski definition) is 1. The smallest absolute Gasteiger partial charge is 0.408 e. The summed E-state index contributed by atoms with van der Waals surface area (Å²) < 4.78 is 5.26. The van der Waals surface area contributed by atoms with E-state index in [1.165, 1.54) is 0 Å². The van der Waals surface area contributed by atoms with E-state index in [-0.39, 0.29) is 12.0 Å². The molecule has 108 valence electrons. The number of pyridine rings is 1. The minimum Gasteiger partial charge on any atom is -0.444 e. The Labute approximate surface area is 118 Å². The maximum atomic E-state index is 11.9. The molecule has 0 spiro atoms. The Morgan fingerprint density at radius 1 is 1.50 bits per heavy atom. The molecule has 0 saturated heterocycles. The van der Waals surface area contributed by atoms with Crippen LogP contribution < -0.4 is 5.32 Å². The number of ether oxygens (including phenoxy) is 1. The van der Waals surface area contributed by atoms with Gasteiger partial charge in [-0.05, 0) is 51.3 Å². The lowest BCUT2D eigenvalue weighted by atomic mass is 10.0. The first-order valence-electron chi connectivity index (χ1n) is 6.71. The molecule has 0 bridgehead atoms. The van der Waals surface area contributed by atoms with Crippen LogP contribution in [-0.4, -0.2) is 23.0 Å². The normalized spacial score (nSPS) is 21.2. The number of amides is 1. The van der Waals surface area contributed by atoms with Crippen LogP contribution in [0.5, 0.6) is 0 Å². The molecule has 2 rings (SSSR count). The summed E-state index contributed by atoms with van der Waals surface area (Å²) in [5, 5.41) is 2.80. The first-order chi connectivity index (χ1) is 9.31. The Bertz CT molecular complexity index is 534. The zero-order valence-corrected chi connectivity index (χ0v) is 12.3. The van der Waals surface area contributed by atoms with Crippen molar-refractivity contribution in [2.24, 2.45) is 5.92 Å². The number of aromatic nitrogens is 1. The van der Waals surface area contributed by atoms with E-state index in [0.29, 0.717) is 6.42 Å². The SMILES string of the molecule is Cc1nccc2c1C[C@@H](C=O)[C@@H]2NC(=O)OC(C)(C)C. The summed E-state index contributed by atoms with van der Waals surface area (Å²) in [5.74, 6) is -0.264. The molecule has 2 atom stereocenters. The molecule has 0 fully saturated rings. The minimum absolute atomic E-state index is 0.264. The average Bonchev–Trinajstić information content (AvgIpc) is 2.67. The summed E-state index contributed by atoms with van der Waals surface area (Å²) in [6.07, 6.45) is 2.70. The van der Waals surface area contributed by atoms with Crippen molar-refractivity contribution in [3.05, 3.63) is 29.1 Å². The molecule has 0 unspecified atom stereocenters. The van der Waals surface area contributed by atoms with Crippen LogP contribution in [0.4, 0.5) is 4.79 Å². The molecule has 1 aliphatic carbocycles. The number of rotatable bonds is 2. The predicted molar refractivity (Wildman–Crippen MR) is 74.3 cm³/mol. The van der Waals surface area contributed by atoms with Crippen LogP contribution in [0, 0.1) is 12.8 Å². The average molecular weight is 276 g/mol. The van der Waals surface area contributed by atoms with Crippen LogP contribution in [0.2, 0.25) is 0 Å². The number of nitrogens with one attached hydrogen (secondary N) is 1. The van der Waals surface area contributed by atoms with Crippen LogP contribution in [-0.2, 0) is 16.0 Å². The standard InChI is InChI=1S/C15H20N2O3/c1-9-12-7-10(8-18)13(11(12)5-6-16-9)17-14(19)20-15(2,3)4/h5-6,8,10,13H,7H2,1-4H3,(H,17,19)/t10-,13-/m0/s1. The van der Waals surface area contributed by atoms with Crippen molar-refractivity contribution < 1.29 is 14.3 Å². The van der Waals surface area contributed by atoms with Crippen LogP contribution >= 0.6 is 0 Å². The van der Waals surface area contributed by atoms with Crippen LogP contribution in [0.1, 0.15) is 43.6 Å². The van der Waals surface area contributed by atoms with Crippen molar-refractivity contribution in [3.8, 4) is 0 Å². The van der Waals surface area contributed by atoms with E-state index in [0.717, 1.165) is 23.1 Å². The van der Waals surface area contributed by atoms with E-state index in [1.807, 2.05) is 13.0 Å².